The van der Waals surface area contributed by atoms with Gasteiger partial charge in [-0.15, -0.1) is 0 Å². The van der Waals surface area contributed by atoms with E-state index in [0.29, 0.717) is 36.2 Å². The van der Waals surface area contributed by atoms with Gasteiger partial charge in [0, 0.05) is 12.2 Å². The highest BCUT2D eigenvalue weighted by Gasteiger charge is 2.36. The molecule has 8 heteroatoms. The van der Waals surface area contributed by atoms with Crippen molar-refractivity contribution in [1.29, 1.82) is 0 Å². The molecule has 2 unspecified atom stereocenters. The number of ether oxygens (including phenoxy) is 1. The molecule has 40 heavy (non-hydrogen) atoms. The van der Waals surface area contributed by atoms with E-state index in [0.717, 1.165) is 17.5 Å². The Morgan fingerprint density at radius 1 is 1.00 bits per heavy atom. The van der Waals surface area contributed by atoms with Gasteiger partial charge in [0.25, 0.3) is 5.91 Å². The SMILES string of the molecule is CCCCN(C(=O)C(CC(C)C)NC(=O)OC(C)(C)C)C(C(=O)Nc1c(C)cccc1C)c1ccc(O)c(C)c1. The van der Waals surface area contributed by atoms with Crippen LogP contribution in [-0.2, 0) is 14.3 Å². The van der Waals surface area contributed by atoms with E-state index < -0.39 is 23.8 Å². The first-order chi connectivity index (χ1) is 18.6. The van der Waals surface area contributed by atoms with E-state index in [9.17, 15) is 19.5 Å². The van der Waals surface area contributed by atoms with Crippen molar-refractivity contribution in [3.63, 3.8) is 0 Å². The zero-order valence-corrected chi connectivity index (χ0v) is 25.6. The maximum Gasteiger partial charge on any atom is 0.408 e. The van der Waals surface area contributed by atoms with Gasteiger partial charge in [0.15, 0.2) is 0 Å². The molecule has 0 spiro atoms. The molecule has 0 bridgehead atoms. The highest BCUT2D eigenvalue weighted by Crippen LogP contribution is 2.30. The van der Waals surface area contributed by atoms with E-state index in [4.69, 9.17) is 4.74 Å². The lowest BCUT2D eigenvalue weighted by Crippen LogP contribution is -2.53. The number of amides is 3. The van der Waals surface area contributed by atoms with E-state index in [-0.39, 0.29) is 23.5 Å². The summed E-state index contributed by atoms with van der Waals surface area (Å²) in [6, 6.07) is 8.83. The summed E-state index contributed by atoms with van der Waals surface area (Å²) in [5, 5.41) is 16.0. The third-order valence-corrected chi connectivity index (χ3v) is 6.56. The van der Waals surface area contributed by atoms with Crippen molar-refractivity contribution < 1.29 is 24.2 Å². The maximum absolute atomic E-state index is 14.3. The predicted molar refractivity (Wildman–Crippen MR) is 159 cm³/mol. The standard InChI is InChI=1S/C32H47N3O5/c1-10-11-17-35(30(38)25(18-20(2)3)33-31(39)40-32(7,8)9)28(24-15-16-26(36)23(6)19-24)29(37)34-27-21(4)13-12-14-22(27)5/h12-16,19-20,25,28,36H,10-11,17-18H2,1-9H3,(H,33,39)(H,34,37). The molecule has 2 rings (SSSR count). The Labute approximate surface area is 239 Å². The summed E-state index contributed by atoms with van der Waals surface area (Å²) < 4.78 is 5.46. The van der Waals surface area contributed by atoms with E-state index in [1.165, 1.54) is 6.07 Å². The van der Waals surface area contributed by atoms with Crippen LogP contribution in [0, 0.1) is 26.7 Å². The van der Waals surface area contributed by atoms with Gasteiger partial charge in [0.1, 0.15) is 23.4 Å². The minimum atomic E-state index is -0.993. The number of carbonyl (C=O) groups is 3. The van der Waals surface area contributed by atoms with Crippen molar-refractivity contribution in [1.82, 2.24) is 10.2 Å². The Kier molecular flexibility index (Phi) is 11.6. The van der Waals surface area contributed by atoms with Crippen molar-refractivity contribution in [3.8, 4) is 5.75 Å². The summed E-state index contributed by atoms with van der Waals surface area (Å²) in [7, 11) is 0. The second kappa shape index (κ2) is 14.2. The minimum absolute atomic E-state index is 0.0923. The van der Waals surface area contributed by atoms with Crippen LogP contribution in [0.4, 0.5) is 10.5 Å². The van der Waals surface area contributed by atoms with Crippen LogP contribution in [0.1, 0.15) is 89.1 Å². The molecule has 2 aromatic rings. The first-order valence-electron chi connectivity index (χ1n) is 14.1. The van der Waals surface area contributed by atoms with Gasteiger partial charge < -0.3 is 25.4 Å². The van der Waals surface area contributed by atoms with Crippen LogP contribution >= 0.6 is 0 Å². The summed E-state index contributed by atoms with van der Waals surface area (Å²) in [6.07, 6.45) is 1.16. The molecule has 0 fully saturated rings. The molecule has 8 nitrogen and oxygen atoms in total. The number of nitrogens with one attached hydrogen (secondary N) is 2. The lowest BCUT2D eigenvalue weighted by atomic mass is 9.97. The quantitative estimate of drug-likeness (QED) is 0.292. The molecule has 0 aliphatic rings. The normalized spacial score (nSPS) is 12.9. The van der Waals surface area contributed by atoms with E-state index >= 15 is 0 Å². The summed E-state index contributed by atoms with van der Waals surface area (Å²) >= 11 is 0. The van der Waals surface area contributed by atoms with Crippen molar-refractivity contribution >= 4 is 23.6 Å². The average Bonchev–Trinajstić information content (AvgIpc) is 2.83. The number of para-hydroxylation sites is 1. The fraction of sp³-hybridized carbons (Fsp3) is 0.531. The summed E-state index contributed by atoms with van der Waals surface area (Å²) in [5.74, 6) is -0.531. The molecule has 0 radical (unpaired) electrons. The van der Waals surface area contributed by atoms with Crippen LogP contribution in [0.25, 0.3) is 0 Å². The predicted octanol–water partition coefficient (Wildman–Crippen LogP) is 6.57. The Morgan fingerprint density at radius 3 is 2.15 bits per heavy atom. The van der Waals surface area contributed by atoms with Gasteiger partial charge in [0.2, 0.25) is 5.91 Å². The van der Waals surface area contributed by atoms with Crippen molar-refractivity contribution in [2.24, 2.45) is 5.92 Å². The third kappa shape index (κ3) is 9.28. The number of carbonyl (C=O) groups excluding carboxylic acids is 3. The van der Waals surface area contributed by atoms with Gasteiger partial charge in [-0.3, -0.25) is 9.59 Å². The topological polar surface area (TPSA) is 108 Å². The van der Waals surface area contributed by atoms with Gasteiger partial charge in [-0.25, -0.2) is 4.79 Å². The fourth-order valence-corrected chi connectivity index (χ4v) is 4.56. The van der Waals surface area contributed by atoms with Gasteiger partial charge in [-0.2, -0.15) is 0 Å². The Morgan fingerprint density at radius 2 is 1.62 bits per heavy atom. The molecule has 0 aliphatic heterocycles. The summed E-state index contributed by atoms with van der Waals surface area (Å²) in [5.41, 5.74) is 2.95. The molecule has 2 aromatic carbocycles. The van der Waals surface area contributed by atoms with Crippen molar-refractivity contribution in [3.05, 3.63) is 58.7 Å². The highest BCUT2D eigenvalue weighted by atomic mass is 16.6. The number of benzene rings is 2. The molecule has 0 saturated heterocycles. The maximum atomic E-state index is 14.3. The number of hydrogen-bond acceptors (Lipinski definition) is 5. The number of aromatic hydroxyl groups is 1. The smallest absolute Gasteiger partial charge is 0.408 e. The molecular formula is C32H47N3O5. The first-order valence-corrected chi connectivity index (χ1v) is 14.1. The number of phenolic OH excluding ortho intramolecular Hbond substituents is 1. The number of rotatable bonds is 11. The van der Waals surface area contributed by atoms with Gasteiger partial charge in [-0.1, -0.05) is 51.5 Å². The lowest BCUT2D eigenvalue weighted by Gasteiger charge is -2.35. The van der Waals surface area contributed by atoms with Gasteiger partial charge in [0.05, 0.1) is 0 Å². The Bertz CT molecular complexity index is 1170. The van der Waals surface area contributed by atoms with Gasteiger partial charge in [-0.05, 0) is 94.7 Å². The zero-order chi connectivity index (χ0) is 30.2. The number of anilines is 1. The lowest BCUT2D eigenvalue weighted by molar-refractivity contribution is -0.141. The van der Waals surface area contributed by atoms with E-state index in [2.05, 4.69) is 10.6 Å². The minimum Gasteiger partial charge on any atom is -0.508 e. The molecular weight excluding hydrogens is 506 g/mol. The number of aryl methyl sites for hydroxylation is 3. The fourth-order valence-electron chi connectivity index (χ4n) is 4.56. The number of nitrogens with zero attached hydrogens (tertiary/aromatic N) is 1. The molecule has 0 aliphatic carbocycles. The number of alkyl carbamates (subject to hydrolysis) is 1. The molecule has 3 amide bonds. The van der Waals surface area contributed by atoms with Crippen molar-refractivity contribution in [2.75, 3.05) is 11.9 Å². The average molecular weight is 554 g/mol. The monoisotopic (exact) mass is 553 g/mol. The van der Waals surface area contributed by atoms with Crippen LogP contribution < -0.4 is 10.6 Å². The second-order valence-electron chi connectivity index (χ2n) is 11.9. The van der Waals surface area contributed by atoms with Crippen LogP contribution in [0.3, 0.4) is 0 Å². The molecule has 2 atom stereocenters. The Hall–Kier alpha value is -3.55. The zero-order valence-electron chi connectivity index (χ0n) is 25.6. The van der Waals surface area contributed by atoms with Crippen LogP contribution in [0.15, 0.2) is 36.4 Å². The van der Waals surface area contributed by atoms with Crippen LogP contribution in [-0.4, -0.2) is 46.1 Å². The second-order valence-corrected chi connectivity index (χ2v) is 11.9. The van der Waals surface area contributed by atoms with Crippen LogP contribution in [0.2, 0.25) is 0 Å². The van der Waals surface area contributed by atoms with E-state index in [1.807, 2.05) is 52.8 Å². The molecule has 0 aromatic heterocycles. The number of unbranched alkanes of at least 4 members (excludes halogenated alkanes) is 1. The van der Waals surface area contributed by atoms with Gasteiger partial charge >= 0.3 is 6.09 Å². The molecule has 3 N–H and O–H groups in total. The number of phenols is 1. The highest BCUT2D eigenvalue weighted by molar-refractivity contribution is 6.00. The number of hydrogen-bond donors (Lipinski definition) is 3. The molecule has 220 valence electrons. The Balaban J connectivity index is 2.61. The molecule has 0 saturated carbocycles. The summed E-state index contributed by atoms with van der Waals surface area (Å²) in [6.45, 7) is 17.2. The largest absolute Gasteiger partial charge is 0.508 e. The third-order valence-electron chi connectivity index (χ3n) is 6.56. The summed E-state index contributed by atoms with van der Waals surface area (Å²) in [4.78, 5) is 42.7. The molecule has 0 heterocycles. The van der Waals surface area contributed by atoms with E-state index in [1.54, 1.807) is 44.7 Å². The first kappa shape index (κ1) is 32.7. The van der Waals surface area contributed by atoms with Crippen LogP contribution in [0.5, 0.6) is 5.75 Å². The van der Waals surface area contributed by atoms with Crippen molar-refractivity contribution in [2.45, 2.75) is 99.3 Å².